The van der Waals surface area contributed by atoms with E-state index in [1.807, 2.05) is 12.5 Å². The lowest BCUT2D eigenvalue weighted by Gasteiger charge is -2.15. The van der Waals surface area contributed by atoms with Gasteiger partial charge in [0.25, 0.3) is 0 Å². The molecule has 1 aliphatic heterocycles. The molecule has 0 spiro atoms. The first kappa shape index (κ1) is 7.18. The molecular weight excluding hydrogens is 160 g/mol. The fraction of sp³-hybridized carbons (Fsp3) is 0.571. The molecule has 11 heavy (non-hydrogen) atoms. The number of hydrogen-bond donors (Lipinski definition) is 0. The second kappa shape index (κ2) is 2.87. The maximum atomic E-state index is 5.28. The van der Waals surface area contributed by atoms with Crippen molar-refractivity contribution in [3.8, 4) is 0 Å². The Morgan fingerprint density at radius 3 is 3.45 bits per heavy atom. The molecule has 3 nitrogen and oxygen atoms in total. The summed E-state index contributed by atoms with van der Waals surface area (Å²) in [5.41, 5.74) is 1.20. The minimum Gasteiger partial charge on any atom is -0.373 e. The number of fused-ring (bicyclic) bond motifs is 1. The number of hydrogen-bond acceptors (Lipinski definition) is 3. The van der Waals surface area contributed by atoms with Crippen LogP contribution in [0.2, 0.25) is 0 Å². The quantitative estimate of drug-likeness (QED) is 0.591. The zero-order chi connectivity index (χ0) is 7.68. The van der Waals surface area contributed by atoms with Crippen LogP contribution in [0.3, 0.4) is 0 Å². The summed E-state index contributed by atoms with van der Waals surface area (Å²) in [6, 6.07) is 0. The van der Waals surface area contributed by atoms with Crippen LogP contribution in [-0.4, -0.2) is 22.4 Å². The van der Waals surface area contributed by atoms with Crippen molar-refractivity contribution in [1.82, 2.24) is 9.55 Å². The van der Waals surface area contributed by atoms with Gasteiger partial charge in [0.05, 0.1) is 25.1 Å². The molecule has 0 unspecified atom stereocenters. The van der Waals surface area contributed by atoms with E-state index in [1.54, 1.807) is 11.8 Å². The molecule has 0 N–H and O–H groups in total. The maximum Gasteiger partial charge on any atom is 0.168 e. The Kier molecular flexibility index (Phi) is 1.87. The summed E-state index contributed by atoms with van der Waals surface area (Å²) in [5, 5.41) is 1.10. The maximum absolute atomic E-state index is 5.28. The fourth-order valence-corrected chi connectivity index (χ4v) is 1.83. The first-order valence-corrected chi connectivity index (χ1v) is 4.80. The molecule has 0 atom stereocenters. The highest BCUT2D eigenvalue weighted by Crippen LogP contribution is 2.18. The van der Waals surface area contributed by atoms with Gasteiger partial charge in [-0.15, -0.1) is 0 Å². The summed E-state index contributed by atoms with van der Waals surface area (Å²) in [6.07, 6.45) is 3.94. The van der Waals surface area contributed by atoms with Gasteiger partial charge in [-0.3, -0.25) is 0 Å². The van der Waals surface area contributed by atoms with Crippen molar-refractivity contribution in [3.05, 3.63) is 11.9 Å². The van der Waals surface area contributed by atoms with E-state index < -0.39 is 0 Å². The summed E-state index contributed by atoms with van der Waals surface area (Å²) in [7, 11) is 0. The molecule has 0 aromatic carbocycles. The third-order valence-electron chi connectivity index (χ3n) is 1.79. The highest BCUT2D eigenvalue weighted by molar-refractivity contribution is 7.98. The minimum absolute atomic E-state index is 0.716. The molecule has 1 aromatic heterocycles. The summed E-state index contributed by atoms with van der Waals surface area (Å²) in [5.74, 6) is 0. The van der Waals surface area contributed by atoms with Gasteiger partial charge in [-0.05, 0) is 6.26 Å². The van der Waals surface area contributed by atoms with Gasteiger partial charge < -0.3 is 9.30 Å². The Morgan fingerprint density at radius 2 is 2.64 bits per heavy atom. The highest BCUT2D eigenvalue weighted by Gasteiger charge is 2.12. The van der Waals surface area contributed by atoms with Gasteiger partial charge in [0.2, 0.25) is 0 Å². The Bertz CT molecular complexity index is 245. The van der Waals surface area contributed by atoms with E-state index in [0.29, 0.717) is 6.61 Å². The van der Waals surface area contributed by atoms with E-state index in [-0.39, 0.29) is 0 Å². The van der Waals surface area contributed by atoms with Crippen LogP contribution in [0, 0.1) is 0 Å². The van der Waals surface area contributed by atoms with Gasteiger partial charge >= 0.3 is 0 Å². The molecule has 1 aliphatic rings. The number of imidazole rings is 1. The Hall–Kier alpha value is -0.480. The van der Waals surface area contributed by atoms with Gasteiger partial charge in [0.15, 0.2) is 5.16 Å². The Morgan fingerprint density at radius 1 is 1.73 bits per heavy atom. The lowest BCUT2D eigenvalue weighted by Crippen LogP contribution is -2.16. The molecule has 1 aromatic rings. The molecule has 60 valence electrons. The molecule has 4 heteroatoms. The molecule has 2 rings (SSSR count). The van der Waals surface area contributed by atoms with Crippen molar-refractivity contribution in [3.63, 3.8) is 0 Å². The normalized spacial score (nSPS) is 16.5. The molecule has 0 saturated heterocycles. The van der Waals surface area contributed by atoms with Gasteiger partial charge in [-0.25, -0.2) is 4.98 Å². The fourth-order valence-electron chi connectivity index (χ4n) is 1.24. The van der Waals surface area contributed by atoms with Crippen molar-refractivity contribution >= 4 is 11.8 Å². The van der Waals surface area contributed by atoms with Crippen LogP contribution < -0.4 is 0 Å². The van der Waals surface area contributed by atoms with Crippen LogP contribution in [0.4, 0.5) is 0 Å². The number of ether oxygens (including phenoxy) is 1. The van der Waals surface area contributed by atoms with E-state index in [9.17, 15) is 0 Å². The zero-order valence-electron chi connectivity index (χ0n) is 6.41. The molecule has 0 saturated carbocycles. The molecule has 0 fully saturated rings. The highest BCUT2D eigenvalue weighted by atomic mass is 32.2. The molecule has 0 amide bonds. The summed E-state index contributed by atoms with van der Waals surface area (Å²) in [4.78, 5) is 4.26. The predicted molar refractivity (Wildman–Crippen MR) is 43.7 cm³/mol. The van der Waals surface area contributed by atoms with E-state index in [4.69, 9.17) is 4.74 Å². The van der Waals surface area contributed by atoms with E-state index in [2.05, 4.69) is 9.55 Å². The van der Waals surface area contributed by atoms with Crippen LogP contribution in [0.25, 0.3) is 0 Å². The molecule has 0 aliphatic carbocycles. The van der Waals surface area contributed by atoms with Crippen molar-refractivity contribution in [2.45, 2.75) is 18.3 Å². The predicted octanol–water partition coefficient (Wildman–Crippen LogP) is 1.14. The van der Waals surface area contributed by atoms with Gasteiger partial charge in [0.1, 0.15) is 0 Å². The third kappa shape index (κ3) is 1.16. The van der Waals surface area contributed by atoms with E-state index in [0.717, 1.165) is 18.3 Å². The largest absolute Gasteiger partial charge is 0.373 e. The van der Waals surface area contributed by atoms with E-state index >= 15 is 0 Å². The molecule has 0 radical (unpaired) electrons. The number of thioether (sulfide) groups is 1. The lowest BCUT2D eigenvalue weighted by molar-refractivity contribution is 0.0820. The van der Waals surface area contributed by atoms with Crippen molar-refractivity contribution < 1.29 is 4.74 Å². The van der Waals surface area contributed by atoms with Crippen LogP contribution in [0.5, 0.6) is 0 Å². The smallest absolute Gasteiger partial charge is 0.168 e. The average Bonchev–Trinajstić information content (AvgIpc) is 2.47. The summed E-state index contributed by atoms with van der Waals surface area (Å²) >= 11 is 1.69. The SMILES string of the molecule is CSc1ncc2n1CCOC2. The number of aromatic nitrogens is 2. The van der Waals surface area contributed by atoms with Gasteiger partial charge in [0, 0.05) is 6.54 Å². The second-order valence-corrected chi connectivity index (χ2v) is 3.21. The van der Waals surface area contributed by atoms with Crippen molar-refractivity contribution in [1.29, 1.82) is 0 Å². The zero-order valence-corrected chi connectivity index (χ0v) is 7.23. The first-order valence-electron chi connectivity index (χ1n) is 3.58. The van der Waals surface area contributed by atoms with Crippen molar-refractivity contribution in [2.75, 3.05) is 12.9 Å². The molecule has 2 heterocycles. The van der Waals surface area contributed by atoms with Gasteiger partial charge in [-0.2, -0.15) is 0 Å². The Balaban J connectivity index is 2.38. The first-order chi connectivity index (χ1) is 5.42. The summed E-state index contributed by atoms with van der Waals surface area (Å²) < 4.78 is 7.50. The van der Waals surface area contributed by atoms with Gasteiger partial charge in [-0.1, -0.05) is 11.8 Å². The topological polar surface area (TPSA) is 27.1 Å². The van der Waals surface area contributed by atoms with Crippen LogP contribution >= 0.6 is 11.8 Å². The monoisotopic (exact) mass is 170 g/mol. The van der Waals surface area contributed by atoms with Crippen molar-refractivity contribution in [2.24, 2.45) is 0 Å². The van der Waals surface area contributed by atoms with Crippen LogP contribution in [0.1, 0.15) is 5.69 Å². The number of nitrogens with zero attached hydrogens (tertiary/aromatic N) is 2. The average molecular weight is 170 g/mol. The summed E-state index contributed by atoms with van der Waals surface area (Å²) in [6.45, 7) is 2.48. The molecule has 0 bridgehead atoms. The molecular formula is C7H10N2OS. The minimum atomic E-state index is 0.716. The Labute approximate surface area is 69.8 Å². The van der Waals surface area contributed by atoms with Crippen LogP contribution in [-0.2, 0) is 17.9 Å². The van der Waals surface area contributed by atoms with E-state index in [1.165, 1.54) is 5.69 Å². The van der Waals surface area contributed by atoms with Crippen LogP contribution in [0.15, 0.2) is 11.4 Å². The standard InChI is InChI=1S/C7H10N2OS/c1-11-7-8-4-6-5-10-3-2-9(6)7/h4H,2-3,5H2,1H3. The lowest BCUT2D eigenvalue weighted by atomic mass is 10.4. The number of rotatable bonds is 1. The second-order valence-electron chi connectivity index (χ2n) is 2.44. The third-order valence-corrected chi connectivity index (χ3v) is 2.48.